The molecule has 0 spiro atoms. The van der Waals surface area contributed by atoms with Gasteiger partial charge in [-0.2, -0.15) is 10.1 Å². The third-order valence-corrected chi connectivity index (χ3v) is 3.49. The zero-order valence-electron chi connectivity index (χ0n) is 11.7. The molecule has 3 rings (SSSR count). The Bertz CT molecular complexity index is 734. The van der Waals surface area contributed by atoms with Crippen molar-refractivity contribution in [1.29, 1.82) is 0 Å². The predicted octanol–water partition coefficient (Wildman–Crippen LogP) is 1.06. The Morgan fingerprint density at radius 1 is 1.43 bits per heavy atom. The maximum absolute atomic E-state index is 11.9. The van der Waals surface area contributed by atoms with Gasteiger partial charge >= 0.3 is 0 Å². The highest BCUT2D eigenvalue weighted by atomic mass is 16.5. The Morgan fingerprint density at radius 3 is 2.90 bits per heavy atom. The number of rotatable bonds is 3. The topological polar surface area (TPSA) is 95.1 Å². The number of hydrogen-bond acceptors (Lipinski definition) is 5. The molecule has 0 bridgehead atoms. The van der Waals surface area contributed by atoms with Crippen molar-refractivity contribution in [2.45, 2.75) is 13.0 Å². The van der Waals surface area contributed by atoms with Crippen LogP contribution < -0.4 is 15.8 Å². The first-order chi connectivity index (χ1) is 10.1. The molecule has 0 aliphatic carbocycles. The first-order valence-corrected chi connectivity index (χ1v) is 6.43. The molecular weight excluding hydrogens is 270 g/mol. The molecule has 1 aromatic carbocycles. The average Bonchev–Trinajstić information content (AvgIpc) is 2.93. The molecule has 0 saturated carbocycles. The lowest BCUT2D eigenvalue weighted by molar-refractivity contribution is -0.115. The van der Waals surface area contributed by atoms with Gasteiger partial charge in [-0.3, -0.25) is 4.79 Å². The number of carbonyl (C=O) groups is 1. The Kier molecular flexibility index (Phi) is 3.09. The second kappa shape index (κ2) is 4.93. The highest BCUT2D eigenvalue weighted by molar-refractivity contribution is 5.95. The molecule has 21 heavy (non-hydrogen) atoms. The molecule has 0 saturated heterocycles. The van der Waals surface area contributed by atoms with Gasteiger partial charge in [0.15, 0.2) is 0 Å². The molecule has 0 radical (unpaired) electrons. The summed E-state index contributed by atoms with van der Waals surface area (Å²) < 4.78 is 7.03. The van der Waals surface area contributed by atoms with Crippen LogP contribution in [0.5, 0.6) is 5.75 Å². The molecule has 1 aliphatic heterocycles. The standard InChI is InChI=1S/C14H15N5O2/c1-8-11(13(15)20)12(19-14(18-8)16-7-17-19)9-5-3-4-6-10(9)21-2/h3-7,12H,1-2H3,(H2,15,20)(H,16,17,18)/t12-/m0/s1. The van der Waals surface area contributed by atoms with Gasteiger partial charge in [0.2, 0.25) is 11.9 Å². The number of primary amides is 1. The van der Waals surface area contributed by atoms with E-state index in [1.165, 1.54) is 6.33 Å². The molecule has 1 amide bonds. The molecule has 0 fully saturated rings. The summed E-state index contributed by atoms with van der Waals surface area (Å²) in [6.45, 7) is 1.79. The van der Waals surface area contributed by atoms with Gasteiger partial charge in [-0.05, 0) is 13.0 Å². The van der Waals surface area contributed by atoms with Gasteiger partial charge < -0.3 is 15.8 Å². The average molecular weight is 285 g/mol. The molecule has 1 aliphatic rings. The minimum atomic E-state index is -0.503. The van der Waals surface area contributed by atoms with Crippen LogP contribution >= 0.6 is 0 Å². The number of nitrogens with one attached hydrogen (secondary N) is 1. The summed E-state index contributed by atoms with van der Waals surface area (Å²) in [6, 6.07) is 7.01. The molecule has 2 heterocycles. The van der Waals surface area contributed by atoms with Gasteiger partial charge in [-0.1, -0.05) is 18.2 Å². The fraction of sp³-hybridized carbons (Fsp3) is 0.214. The smallest absolute Gasteiger partial charge is 0.248 e. The normalized spacial score (nSPS) is 17.1. The molecule has 1 aromatic heterocycles. The van der Waals surface area contributed by atoms with Crippen LogP contribution in [0.15, 0.2) is 41.9 Å². The third-order valence-electron chi connectivity index (χ3n) is 3.49. The van der Waals surface area contributed by atoms with E-state index in [1.807, 2.05) is 24.3 Å². The summed E-state index contributed by atoms with van der Waals surface area (Å²) in [5, 5.41) is 7.24. The SMILES string of the molecule is COc1ccccc1[C@H]1C(C(N)=O)=C(C)Nc2ncnn21. The number of hydrogen-bond donors (Lipinski definition) is 2. The van der Waals surface area contributed by atoms with Gasteiger partial charge in [0.05, 0.1) is 12.7 Å². The van der Waals surface area contributed by atoms with Crippen molar-refractivity contribution in [2.24, 2.45) is 5.73 Å². The van der Waals surface area contributed by atoms with Gasteiger partial charge in [0.25, 0.3) is 0 Å². The van der Waals surface area contributed by atoms with Crippen molar-refractivity contribution in [2.75, 3.05) is 12.4 Å². The summed E-state index contributed by atoms with van der Waals surface area (Å²) in [4.78, 5) is 16.0. The van der Waals surface area contributed by atoms with Crippen molar-refractivity contribution in [3.63, 3.8) is 0 Å². The van der Waals surface area contributed by atoms with Crippen molar-refractivity contribution < 1.29 is 9.53 Å². The van der Waals surface area contributed by atoms with Crippen molar-refractivity contribution in [1.82, 2.24) is 14.8 Å². The number of methoxy groups -OCH3 is 1. The first-order valence-electron chi connectivity index (χ1n) is 6.43. The highest BCUT2D eigenvalue weighted by Crippen LogP contribution is 2.38. The van der Waals surface area contributed by atoms with Crippen LogP contribution in [-0.4, -0.2) is 27.8 Å². The van der Waals surface area contributed by atoms with E-state index in [9.17, 15) is 4.79 Å². The Balaban J connectivity index is 2.25. The number of nitrogens with two attached hydrogens (primary N) is 1. The second-order valence-electron chi connectivity index (χ2n) is 4.70. The van der Waals surface area contributed by atoms with Gasteiger partial charge in [0, 0.05) is 11.3 Å². The quantitative estimate of drug-likeness (QED) is 0.879. The minimum absolute atomic E-state index is 0.442. The van der Waals surface area contributed by atoms with Crippen molar-refractivity contribution in [3.05, 3.63) is 47.4 Å². The number of anilines is 1. The zero-order chi connectivity index (χ0) is 15.0. The number of nitrogens with zero attached hydrogens (tertiary/aromatic N) is 3. The number of fused-ring (bicyclic) bond motifs is 1. The van der Waals surface area contributed by atoms with Crippen LogP contribution in [0.2, 0.25) is 0 Å². The lowest BCUT2D eigenvalue weighted by Crippen LogP contribution is -2.32. The summed E-state index contributed by atoms with van der Waals surface area (Å²) in [5.74, 6) is 0.725. The largest absolute Gasteiger partial charge is 0.496 e. The van der Waals surface area contributed by atoms with Gasteiger partial charge in [-0.25, -0.2) is 4.68 Å². The number of allylic oxidation sites excluding steroid dienone is 1. The monoisotopic (exact) mass is 285 g/mol. The number of para-hydroxylation sites is 1. The molecule has 108 valence electrons. The first kappa shape index (κ1) is 13.2. The summed E-state index contributed by atoms with van der Waals surface area (Å²) in [5.41, 5.74) is 7.48. The molecule has 7 nitrogen and oxygen atoms in total. The maximum Gasteiger partial charge on any atom is 0.248 e. The molecular formula is C14H15N5O2. The van der Waals surface area contributed by atoms with E-state index < -0.39 is 11.9 Å². The minimum Gasteiger partial charge on any atom is -0.496 e. The second-order valence-corrected chi connectivity index (χ2v) is 4.70. The van der Waals surface area contributed by atoms with E-state index in [0.717, 1.165) is 5.56 Å². The zero-order valence-corrected chi connectivity index (χ0v) is 11.7. The molecule has 2 aromatic rings. The fourth-order valence-electron chi connectivity index (χ4n) is 2.59. The number of ether oxygens (including phenoxy) is 1. The van der Waals surface area contributed by atoms with E-state index >= 15 is 0 Å². The third kappa shape index (κ3) is 2.03. The number of benzene rings is 1. The lowest BCUT2D eigenvalue weighted by atomic mass is 9.94. The predicted molar refractivity (Wildman–Crippen MR) is 76.7 cm³/mol. The molecule has 0 unspecified atom stereocenters. The van der Waals surface area contributed by atoms with E-state index in [-0.39, 0.29) is 0 Å². The van der Waals surface area contributed by atoms with Crippen LogP contribution in [0.1, 0.15) is 18.5 Å². The number of aromatic nitrogens is 3. The summed E-state index contributed by atoms with van der Waals surface area (Å²) in [6.07, 6.45) is 1.43. The van der Waals surface area contributed by atoms with Crippen LogP contribution in [0.25, 0.3) is 0 Å². The number of carbonyl (C=O) groups excluding carboxylic acids is 1. The lowest BCUT2D eigenvalue weighted by Gasteiger charge is -2.28. The van der Waals surface area contributed by atoms with Crippen molar-refractivity contribution >= 4 is 11.9 Å². The van der Waals surface area contributed by atoms with Crippen LogP contribution in [-0.2, 0) is 4.79 Å². The van der Waals surface area contributed by atoms with Crippen molar-refractivity contribution in [3.8, 4) is 5.75 Å². The maximum atomic E-state index is 11.9. The Labute approximate surface area is 121 Å². The van der Waals surface area contributed by atoms with E-state index in [2.05, 4.69) is 15.4 Å². The summed E-state index contributed by atoms with van der Waals surface area (Å²) in [7, 11) is 1.59. The van der Waals surface area contributed by atoms with E-state index in [0.29, 0.717) is 23.0 Å². The molecule has 1 atom stereocenters. The Hall–Kier alpha value is -2.83. The molecule has 7 heteroatoms. The van der Waals surface area contributed by atoms with Crippen LogP contribution in [0.4, 0.5) is 5.95 Å². The molecule has 3 N–H and O–H groups in total. The highest BCUT2D eigenvalue weighted by Gasteiger charge is 2.33. The van der Waals surface area contributed by atoms with Gasteiger partial charge in [-0.15, -0.1) is 0 Å². The summed E-state index contributed by atoms with van der Waals surface area (Å²) >= 11 is 0. The van der Waals surface area contributed by atoms with Gasteiger partial charge in [0.1, 0.15) is 18.1 Å². The fourth-order valence-corrected chi connectivity index (χ4v) is 2.59. The number of amides is 1. The van der Waals surface area contributed by atoms with Crippen LogP contribution in [0.3, 0.4) is 0 Å². The van der Waals surface area contributed by atoms with E-state index in [1.54, 1.807) is 18.7 Å². The van der Waals surface area contributed by atoms with E-state index in [4.69, 9.17) is 10.5 Å². The van der Waals surface area contributed by atoms with Crippen LogP contribution in [0, 0.1) is 0 Å². The Morgan fingerprint density at radius 2 is 2.19 bits per heavy atom.